The minimum absolute atomic E-state index is 0.0359. The van der Waals surface area contributed by atoms with E-state index >= 15 is 0 Å². The maximum absolute atomic E-state index is 12.8. The number of hydrogen-bond acceptors (Lipinski definition) is 6. The zero-order chi connectivity index (χ0) is 21.1. The summed E-state index contributed by atoms with van der Waals surface area (Å²) in [5.41, 5.74) is 7.25. The fourth-order valence-corrected chi connectivity index (χ4v) is 5.66. The number of aromatic nitrogens is 1. The van der Waals surface area contributed by atoms with E-state index < -0.39 is 15.9 Å². The van der Waals surface area contributed by atoms with Crippen LogP contribution in [0.4, 0.5) is 0 Å². The van der Waals surface area contributed by atoms with E-state index in [2.05, 4.69) is 4.98 Å². The molecule has 0 unspecified atom stereocenters. The van der Waals surface area contributed by atoms with Crippen LogP contribution in [0.3, 0.4) is 0 Å². The average Bonchev–Trinajstić information content (AvgIpc) is 3.45. The van der Waals surface area contributed by atoms with Crippen molar-refractivity contribution in [1.29, 1.82) is 0 Å². The number of carbonyl (C=O) groups is 1. The minimum Gasteiger partial charge on any atom is -0.486 e. The maximum atomic E-state index is 12.8. The van der Waals surface area contributed by atoms with Gasteiger partial charge in [0, 0.05) is 24.0 Å². The van der Waals surface area contributed by atoms with Gasteiger partial charge in [-0.15, -0.1) is 11.3 Å². The van der Waals surface area contributed by atoms with E-state index in [0.29, 0.717) is 18.8 Å². The molecule has 30 heavy (non-hydrogen) atoms. The molecule has 0 spiro atoms. The SMILES string of the molecule is NC(=O)c1cc(S(=O)(=O)N2CCCC2)ccc1OCc1csc(-c2ccccc2)n1. The van der Waals surface area contributed by atoms with Crippen LogP contribution in [0, 0.1) is 0 Å². The Morgan fingerprint density at radius 1 is 1.13 bits per heavy atom. The lowest BCUT2D eigenvalue weighted by molar-refractivity contribution is 0.0995. The molecule has 0 atom stereocenters. The number of thiazole rings is 1. The van der Waals surface area contributed by atoms with Crippen molar-refractivity contribution >= 4 is 27.3 Å². The monoisotopic (exact) mass is 443 g/mol. The molecule has 0 aliphatic carbocycles. The first-order chi connectivity index (χ1) is 14.4. The molecule has 1 saturated heterocycles. The van der Waals surface area contributed by atoms with Gasteiger partial charge in [0.1, 0.15) is 17.4 Å². The molecule has 1 amide bonds. The number of rotatable bonds is 7. The van der Waals surface area contributed by atoms with Gasteiger partial charge in [-0.3, -0.25) is 4.79 Å². The highest BCUT2D eigenvalue weighted by Gasteiger charge is 2.28. The standard InChI is InChI=1S/C21H21N3O4S2/c22-20(25)18-12-17(30(26,27)24-10-4-5-11-24)8-9-19(18)28-13-16-14-29-21(23-16)15-6-2-1-3-7-15/h1-3,6-9,12,14H,4-5,10-11,13H2,(H2,22,25). The molecule has 0 saturated carbocycles. The van der Waals surface area contributed by atoms with E-state index in [1.165, 1.54) is 33.8 Å². The van der Waals surface area contributed by atoms with Gasteiger partial charge < -0.3 is 10.5 Å². The summed E-state index contributed by atoms with van der Waals surface area (Å²) in [5, 5.41) is 2.76. The lowest BCUT2D eigenvalue weighted by Gasteiger charge is -2.17. The van der Waals surface area contributed by atoms with E-state index in [9.17, 15) is 13.2 Å². The van der Waals surface area contributed by atoms with Crippen LogP contribution in [0.1, 0.15) is 28.9 Å². The number of ether oxygens (including phenoxy) is 1. The number of nitrogens with zero attached hydrogens (tertiary/aromatic N) is 2. The summed E-state index contributed by atoms with van der Waals surface area (Å²) in [6.07, 6.45) is 1.67. The molecule has 156 valence electrons. The Morgan fingerprint density at radius 2 is 1.87 bits per heavy atom. The molecule has 1 aliphatic rings. The molecule has 9 heteroatoms. The third kappa shape index (κ3) is 4.23. The number of sulfonamides is 1. The van der Waals surface area contributed by atoms with Crippen LogP contribution in [0.25, 0.3) is 10.6 Å². The zero-order valence-corrected chi connectivity index (χ0v) is 17.8. The molecule has 1 aromatic heterocycles. The third-order valence-corrected chi connectivity index (χ3v) is 7.70. The highest BCUT2D eigenvalue weighted by Crippen LogP contribution is 2.28. The van der Waals surface area contributed by atoms with Crippen LogP contribution < -0.4 is 10.5 Å². The van der Waals surface area contributed by atoms with Gasteiger partial charge in [0.05, 0.1) is 16.2 Å². The van der Waals surface area contributed by atoms with Gasteiger partial charge in [-0.2, -0.15) is 4.31 Å². The second kappa shape index (κ2) is 8.55. The van der Waals surface area contributed by atoms with Gasteiger partial charge in [-0.25, -0.2) is 13.4 Å². The van der Waals surface area contributed by atoms with Crippen LogP contribution in [0.15, 0.2) is 58.8 Å². The van der Waals surface area contributed by atoms with E-state index in [1.54, 1.807) is 0 Å². The first-order valence-electron chi connectivity index (χ1n) is 9.52. The van der Waals surface area contributed by atoms with Crippen molar-refractivity contribution in [3.05, 3.63) is 65.2 Å². The van der Waals surface area contributed by atoms with Gasteiger partial charge in [0.25, 0.3) is 5.91 Å². The maximum Gasteiger partial charge on any atom is 0.252 e. The fourth-order valence-electron chi connectivity index (χ4n) is 3.30. The summed E-state index contributed by atoms with van der Waals surface area (Å²) >= 11 is 1.50. The Hall–Kier alpha value is -2.75. The molecule has 1 fully saturated rings. The quantitative estimate of drug-likeness (QED) is 0.604. The summed E-state index contributed by atoms with van der Waals surface area (Å²) in [6.45, 7) is 1.11. The Bertz CT molecular complexity index is 1150. The second-order valence-corrected chi connectivity index (χ2v) is 9.73. The number of amides is 1. The summed E-state index contributed by atoms with van der Waals surface area (Å²) in [5.74, 6) is -0.510. The highest BCUT2D eigenvalue weighted by atomic mass is 32.2. The smallest absolute Gasteiger partial charge is 0.252 e. The number of benzene rings is 2. The number of hydrogen-bond donors (Lipinski definition) is 1. The van der Waals surface area contributed by atoms with Crippen molar-refractivity contribution in [1.82, 2.24) is 9.29 Å². The molecule has 3 aromatic rings. The molecule has 2 aromatic carbocycles. The van der Waals surface area contributed by atoms with Crippen LogP contribution >= 0.6 is 11.3 Å². The molecule has 0 radical (unpaired) electrons. The Balaban J connectivity index is 1.53. The van der Waals surface area contributed by atoms with Crippen LogP contribution in [0.5, 0.6) is 5.75 Å². The minimum atomic E-state index is -3.65. The Kier molecular flexibility index (Phi) is 5.85. The van der Waals surface area contributed by atoms with Crippen LogP contribution in [-0.4, -0.2) is 36.7 Å². The molecule has 4 rings (SSSR count). The average molecular weight is 444 g/mol. The second-order valence-electron chi connectivity index (χ2n) is 6.93. The molecule has 2 N–H and O–H groups in total. The molecular weight excluding hydrogens is 422 g/mol. The van der Waals surface area contributed by atoms with Crippen LogP contribution in [-0.2, 0) is 16.6 Å². The van der Waals surface area contributed by atoms with E-state index in [1.807, 2.05) is 35.7 Å². The number of carbonyl (C=O) groups excluding carboxylic acids is 1. The normalized spacial score (nSPS) is 14.7. The summed E-state index contributed by atoms with van der Waals surface area (Å²) in [4.78, 5) is 16.5. The van der Waals surface area contributed by atoms with E-state index in [0.717, 1.165) is 23.4 Å². The first kappa shape index (κ1) is 20.5. The van der Waals surface area contributed by atoms with Gasteiger partial charge >= 0.3 is 0 Å². The van der Waals surface area contributed by atoms with Crippen molar-refractivity contribution in [2.75, 3.05) is 13.1 Å². The van der Waals surface area contributed by atoms with Gasteiger partial charge in [0.2, 0.25) is 10.0 Å². The van der Waals surface area contributed by atoms with Crippen molar-refractivity contribution in [2.24, 2.45) is 5.73 Å². The summed E-state index contributed by atoms with van der Waals surface area (Å²) < 4.78 is 32.7. The predicted octanol–water partition coefficient (Wildman–Crippen LogP) is 3.27. The molecule has 2 heterocycles. The van der Waals surface area contributed by atoms with Crippen molar-refractivity contribution in [2.45, 2.75) is 24.3 Å². The lowest BCUT2D eigenvalue weighted by atomic mass is 10.2. The fraction of sp³-hybridized carbons (Fsp3) is 0.238. The van der Waals surface area contributed by atoms with Crippen molar-refractivity contribution in [3.63, 3.8) is 0 Å². The summed E-state index contributed by atoms with van der Waals surface area (Å²) in [7, 11) is -3.65. The molecule has 0 bridgehead atoms. The molecule has 7 nitrogen and oxygen atoms in total. The van der Waals surface area contributed by atoms with Crippen molar-refractivity contribution < 1.29 is 17.9 Å². The van der Waals surface area contributed by atoms with Crippen molar-refractivity contribution in [3.8, 4) is 16.3 Å². The largest absolute Gasteiger partial charge is 0.486 e. The molecule has 1 aliphatic heterocycles. The van der Waals surface area contributed by atoms with E-state index in [-0.39, 0.29) is 22.8 Å². The predicted molar refractivity (Wildman–Crippen MR) is 115 cm³/mol. The third-order valence-electron chi connectivity index (χ3n) is 4.87. The van der Waals surface area contributed by atoms with Gasteiger partial charge in [0.15, 0.2) is 0 Å². The topological polar surface area (TPSA) is 103 Å². The van der Waals surface area contributed by atoms with Gasteiger partial charge in [-0.05, 0) is 31.0 Å². The number of primary amides is 1. The summed E-state index contributed by atoms with van der Waals surface area (Å²) in [6, 6.07) is 14.0. The Labute approximate surface area is 179 Å². The zero-order valence-electron chi connectivity index (χ0n) is 16.2. The highest BCUT2D eigenvalue weighted by molar-refractivity contribution is 7.89. The Morgan fingerprint density at radius 3 is 2.57 bits per heavy atom. The van der Waals surface area contributed by atoms with Gasteiger partial charge in [-0.1, -0.05) is 30.3 Å². The lowest BCUT2D eigenvalue weighted by Crippen LogP contribution is -2.28. The van der Waals surface area contributed by atoms with E-state index in [4.69, 9.17) is 10.5 Å². The first-order valence-corrected chi connectivity index (χ1v) is 11.8. The molecular formula is C21H21N3O4S2. The van der Waals surface area contributed by atoms with Crippen LogP contribution in [0.2, 0.25) is 0 Å². The number of nitrogens with two attached hydrogens (primary N) is 1.